The molecular formula is C12H16N4O3. The second-order valence-electron chi connectivity index (χ2n) is 3.73. The van der Waals surface area contributed by atoms with Gasteiger partial charge in [0.15, 0.2) is 11.5 Å². The summed E-state index contributed by atoms with van der Waals surface area (Å²) in [6.45, 7) is 0.528. The van der Waals surface area contributed by atoms with Crippen LogP contribution in [0.4, 0.5) is 11.7 Å². The monoisotopic (exact) mass is 264 g/mol. The van der Waals surface area contributed by atoms with E-state index in [1.54, 1.807) is 26.4 Å². The first kappa shape index (κ1) is 13.2. The lowest BCUT2D eigenvalue weighted by atomic mass is 10.3. The molecule has 2 aromatic rings. The lowest BCUT2D eigenvalue weighted by Gasteiger charge is -2.09. The molecule has 0 fully saturated rings. The Labute approximate surface area is 110 Å². The first-order chi connectivity index (χ1) is 9.26. The fourth-order valence-corrected chi connectivity index (χ4v) is 1.56. The van der Waals surface area contributed by atoms with Crippen molar-refractivity contribution in [3.05, 3.63) is 24.1 Å². The molecule has 0 spiro atoms. The van der Waals surface area contributed by atoms with Crippen molar-refractivity contribution in [3.63, 3.8) is 0 Å². The average Bonchev–Trinajstić information content (AvgIpc) is 2.86. The fourth-order valence-electron chi connectivity index (χ4n) is 1.56. The second kappa shape index (κ2) is 6.05. The Bertz CT molecular complexity index is 542. The van der Waals surface area contributed by atoms with Gasteiger partial charge in [-0.2, -0.15) is 0 Å². The van der Waals surface area contributed by atoms with Crippen molar-refractivity contribution in [1.82, 2.24) is 15.5 Å². The van der Waals surface area contributed by atoms with E-state index in [0.29, 0.717) is 29.9 Å². The maximum absolute atomic E-state index is 5.39. The van der Waals surface area contributed by atoms with E-state index in [1.165, 1.54) is 0 Å². The zero-order chi connectivity index (χ0) is 13.7. The number of ether oxygens (including phenoxy) is 2. The van der Waals surface area contributed by atoms with Crippen LogP contribution in [0.15, 0.2) is 22.6 Å². The zero-order valence-corrected chi connectivity index (χ0v) is 11.1. The maximum Gasteiger partial charge on any atom is 0.320 e. The van der Waals surface area contributed by atoms with Gasteiger partial charge in [0.05, 0.1) is 20.8 Å². The number of rotatable bonds is 6. The molecule has 1 aromatic heterocycles. The topological polar surface area (TPSA) is 81.4 Å². The molecule has 7 nitrogen and oxygen atoms in total. The highest BCUT2D eigenvalue weighted by molar-refractivity contribution is 5.58. The van der Waals surface area contributed by atoms with Crippen molar-refractivity contribution in [3.8, 4) is 11.5 Å². The van der Waals surface area contributed by atoms with Crippen molar-refractivity contribution < 1.29 is 13.9 Å². The van der Waals surface area contributed by atoms with Crippen LogP contribution in [0.2, 0.25) is 0 Å². The molecule has 19 heavy (non-hydrogen) atoms. The summed E-state index contributed by atoms with van der Waals surface area (Å²) in [6.07, 6.45) is 0. The van der Waals surface area contributed by atoms with Gasteiger partial charge in [0.2, 0.25) is 5.89 Å². The Morgan fingerprint density at radius 3 is 2.63 bits per heavy atom. The quantitative estimate of drug-likeness (QED) is 0.819. The van der Waals surface area contributed by atoms with Crippen LogP contribution in [0, 0.1) is 0 Å². The van der Waals surface area contributed by atoms with Crippen LogP contribution in [0.3, 0.4) is 0 Å². The highest BCUT2D eigenvalue weighted by atomic mass is 16.5. The van der Waals surface area contributed by atoms with Crippen LogP contribution in [0.1, 0.15) is 5.89 Å². The number of anilines is 2. The van der Waals surface area contributed by atoms with Gasteiger partial charge < -0.3 is 24.5 Å². The number of hydrogen-bond acceptors (Lipinski definition) is 7. The van der Waals surface area contributed by atoms with E-state index in [9.17, 15) is 0 Å². The Kier molecular flexibility index (Phi) is 4.19. The molecule has 0 aliphatic heterocycles. The molecule has 2 rings (SSSR count). The van der Waals surface area contributed by atoms with Crippen LogP contribution >= 0.6 is 0 Å². The summed E-state index contributed by atoms with van der Waals surface area (Å²) < 4.78 is 15.8. The summed E-state index contributed by atoms with van der Waals surface area (Å²) in [5.41, 5.74) is 0.775. The number of aromatic nitrogens is 2. The number of methoxy groups -OCH3 is 2. The summed E-state index contributed by atoms with van der Waals surface area (Å²) in [5, 5.41) is 13.7. The summed E-state index contributed by atoms with van der Waals surface area (Å²) >= 11 is 0. The molecule has 2 N–H and O–H groups in total. The molecule has 1 heterocycles. The summed E-state index contributed by atoms with van der Waals surface area (Å²) in [4.78, 5) is 0. The number of nitrogens with one attached hydrogen (secondary N) is 2. The van der Waals surface area contributed by atoms with E-state index in [-0.39, 0.29) is 0 Å². The predicted octanol–water partition coefficient (Wildman–Crippen LogP) is 1.55. The minimum Gasteiger partial charge on any atom is -0.493 e. The molecule has 0 atom stereocenters. The zero-order valence-electron chi connectivity index (χ0n) is 11.1. The second-order valence-corrected chi connectivity index (χ2v) is 3.73. The van der Waals surface area contributed by atoms with Crippen LogP contribution in [0.25, 0.3) is 0 Å². The summed E-state index contributed by atoms with van der Waals surface area (Å²) in [6, 6.07) is 5.76. The van der Waals surface area contributed by atoms with E-state index < -0.39 is 0 Å². The highest BCUT2D eigenvalue weighted by Gasteiger charge is 2.08. The summed E-state index contributed by atoms with van der Waals surface area (Å²) in [5.74, 6) is 1.81. The number of hydrogen-bond donors (Lipinski definition) is 2. The standard InChI is InChI=1S/C12H16N4O3/c1-13-7-11-15-16-12(19-11)14-8-4-5-9(17-2)10(6-8)18-3/h4-6,13H,7H2,1-3H3,(H,14,16). The van der Waals surface area contributed by atoms with E-state index in [0.717, 1.165) is 5.69 Å². The molecule has 0 radical (unpaired) electrons. The van der Waals surface area contributed by atoms with Crippen molar-refractivity contribution >= 4 is 11.7 Å². The lowest BCUT2D eigenvalue weighted by molar-refractivity contribution is 0.355. The minimum absolute atomic E-state index is 0.331. The molecule has 102 valence electrons. The Morgan fingerprint density at radius 1 is 1.16 bits per heavy atom. The Hall–Kier alpha value is -2.28. The SMILES string of the molecule is CNCc1nnc(Nc2ccc(OC)c(OC)c2)o1. The van der Waals surface area contributed by atoms with Crippen molar-refractivity contribution in [2.75, 3.05) is 26.6 Å². The Balaban J connectivity index is 2.13. The third-order valence-corrected chi connectivity index (χ3v) is 2.43. The number of benzene rings is 1. The van der Waals surface area contributed by atoms with E-state index >= 15 is 0 Å². The van der Waals surface area contributed by atoms with Crippen LogP contribution < -0.4 is 20.1 Å². The summed E-state index contributed by atoms with van der Waals surface area (Å²) in [7, 11) is 4.98. The molecule has 0 aliphatic carbocycles. The van der Waals surface area contributed by atoms with Gasteiger partial charge in [-0.15, -0.1) is 5.10 Å². The molecule has 0 saturated heterocycles. The normalized spacial score (nSPS) is 10.3. The van der Waals surface area contributed by atoms with Gasteiger partial charge in [-0.3, -0.25) is 0 Å². The van der Waals surface area contributed by atoms with Gasteiger partial charge in [-0.1, -0.05) is 5.10 Å². The number of nitrogens with zero attached hydrogens (tertiary/aromatic N) is 2. The van der Waals surface area contributed by atoms with Gasteiger partial charge in [0.25, 0.3) is 0 Å². The van der Waals surface area contributed by atoms with Crippen molar-refractivity contribution in [2.45, 2.75) is 6.54 Å². The van der Waals surface area contributed by atoms with Gasteiger partial charge in [-0.05, 0) is 19.2 Å². The van der Waals surface area contributed by atoms with E-state index in [1.807, 2.05) is 13.1 Å². The Morgan fingerprint density at radius 2 is 1.95 bits per heavy atom. The smallest absolute Gasteiger partial charge is 0.320 e. The first-order valence-electron chi connectivity index (χ1n) is 5.73. The predicted molar refractivity (Wildman–Crippen MR) is 69.9 cm³/mol. The molecular weight excluding hydrogens is 248 g/mol. The fraction of sp³-hybridized carbons (Fsp3) is 0.333. The maximum atomic E-state index is 5.39. The molecule has 0 unspecified atom stereocenters. The molecule has 1 aromatic carbocycles. The van der Waals surface area contributed by atoms with Gasteiger partial charge in [-0.25, -0.2) is 0 Å². The first-order valence-corrected chi connectivity index (χ1v) is 5.73. The van der Waals surface area contributed by atoms with Crippen molar-refractivity contribution in [2.24, 2.45) is 0 Å². The third-order valence-electron chi connectivity index (χ3n) is 2.43. The molecule has 0 saturated carbocycles. The van der Waals surface area contributed by atoms with Gasteiger partial charge in [0.1, 0.15) is 0 Å². The van der Waals surface area contributed by atoms with Crippen molar-refractivity contribution in [1.29, 1.82) is 0 Å². The van der Waals surface area contributed by atoms with Crippen LogP contribution in [-0.4, -0.2) is 31.5 Å². The van der Waals surface area contributed by atoms with Crippen LogP contribution in [0.5, 0.6) is 11.5 Å². The lowest BCUT2D eigenvalue weighted by Crippen LogP contribution is -2.04. The third kappa shape index (κ3) is 3.14. The minimum atomic E-state index is 0.331. The van der Waals surface area contributed by atoms with Crippen LogP contribution in [-0.2, 0) is 6.54 Å². The molecule has 7 heteroatoms. The molecule has 0 amide bonds. The van der Waals surface area contributed by atoms with E-state index in [4.69, 9.17) is 13.9 Å². The molecule has 0 bridgehead atoms. The van der Waals surface area contributed by atoms with E-state index in [2.05, 4.69) is 20.8 Å². The molecule has 0 aliphatic rings. The van der Waals surface area contributed by atoms with Gasteiger partial charge in [0, 0.05) is 11.8 Å². The highest BCUT2D eigenvalue weighted by Crippen LogP contribution is 2.30. The average molecular weight is 264 g/mol. The van der Waals surface area contributed by atoms with Gasteiger partial charge >= 0.3 is 6.01 Å². The largest absolute Gasteiger partial charge is 0.493 e.